The summed E-state index contributed by atoms with van der Waals surface area (Å²) in [6.45, 7) is 3.67. The third-order valence-electron chi connectivity index (χ3n) is 11.1. The molecule has 0 radical (unpaired) electrons. The fourth-order valence-corrected chi connectivity index (χ4v) is 7.70. The summed E-state index contributed by atoms with van der Waals surface area (Å²) < 4.78 is 59.2. The minimum Gasteiger partial charge on any atom is -0.457 e. The van der Waals surface area contributed by atoms with Gasteiger partial charge in [0.15, 0.2) is 6.29 Å². The first kappa shape index (κ1) is 64.5. The van der Waals surface area contributed by atoms with Crippen LogP contribution < -0.4 is 0 Å². The molecule has 0 aliphatic carbocycles. The summed E-state index contributed by atoms with van der Waals surface area (Å²) >= 11 is 0. The molecule has 12 nitrogen and oxygen atoms in total. The minimum absolute atomic E-state index is 0.00538. The Kier molecular flexibility index (Phi) is 42.9. The fourth-order valence-electron chi connectivity index (χ4n) is 7.20. The van der Waals surface area contributed by atoms with E-state index in [1.165, 1.54) is 12.8 Å². The zero-order valence-electron chi connectivity index (χ0n) is 42.8. The number of aliphatic hydroxyl groups is 3. The predicted molar refractivity (Wildman–Crippen MR) is 284 cm³/mol. The quantitative estimate of drug-likeness (QED) is 0.0197. The highest BCUT2D eigenvalue weighted by molar-refractivity contribution is 7.80. The average molecular weight is 1000 g/mol. The number of allylic oxidation sites excluding steroid dienone is 20. The van der Waals surface area contributed by atoms with Crippen molar-refractivity contribution in [3.63, 3.8) is 0 Å². The van der Waals surface area contributed by atoms with Crippen molar-refractivity contribution in [2.45, 2.75) is 205 Å². The van der Waals surface area contributed by atoms with Gasteiger partial charge in [0, 0.05) is 13.0 Å². The molecule has 0 aromatic heterocycles. The van der Waals surface area contributed by atoms with E-state index in [4.69, 9.17) is 18.9 Å². The van der Waals surface area contributed by atoms with Crippen molar-refractivity contribution >= 4 is 16.4 Å². The molecule has 70 heavy (non-hydrogen) atoms. The first-order chi connectivity index (χ1) is 34.1. The summed E-state index contributed by atoms with van der Waals surface area (Å²) in [7, 11) is -5.08. The highest BCUT2D eigenvalue weighted by atomic mass is 32.3. The zero-order chi connectivity index (χ0) is 51.0. The van der Waals surface area contributed by atoms with Gasteiger partial charge in [-0.1, -0.05) is 180 Å². The van der Waals surface area contributed by atoms with E-state index in [-0.39, 0.29) is 19.6 Å². The summed E-state index contributed by atoms with van der Waals surface area (Å²) in [6.07, 6.45) is 58.0. The molecule has 1 aliphatic rings. The van der Waals surface area contributed by atoms with Crippen molar-refractivity contribution in [3.8, 4) is 0 Å². The Morgan fingerprint density at radius 2 is 0.943 bits per heavy atom. The summed E-state index contributed by atoms with van der Waals surface area (Å²) in [5, 5.41) is 30.8. The first-order valence-corrected chi connectivity index (χ1v) is 27.7. The van der Waals surface area contributed by atoms with Gasteiger partial charge in [-0.05, 0) is 103 Å². The van der Waals surface area contributed by atoms with Crippen molar-refractivity contribution in [3.05, 3.63) is 122 Å². The van der Waals surface area contributed by atoms with E-state index in [0.717, 1.165) is 128 Å². The first-order valence-electron chi connectivity index (χ1n) is 26.3. The van der Waals surface area contributed by atoms with E-state index in [2.05, 4.69) is 140 Å². The van der Waals surface area contributed by atoms with Crippen LogP contribution in [0.3, 0.4) is 0 Å². The van der Waals surface area contributed by atoms with Crippen molar-refractivity contribution in [1.82, 2.24) is 0 Å². The lowest BCUT2D eigenvalue weighted by Gasteiger charge is -2.41. The molecule has 1 rings (SSSR count). The second kappa shape index (κ2) is 46.6. The molecular weight excluding hydrogens is 909 g/mol. The molecule has 0 bridgehead atoms. The van der Waals surface area contributed by atoms with Crippen LogP contribution in [0.5, 0.6) is 0 Å². The maximum Gasteiger partial charge on any atom is 0.397 e. The summed E-state index contributed by atoms with van der Waals surface area (Å²) in [6, 6.07) is 0. The van der Waals surface area contributed by atoms with Crippen LogP contribution in [0.15, 0.2) is 122 Å². The molecule has 6 atom stereocenters. The normalized spacial score (nSPS) is 20.1. The molecule has 0 spiro atoms. The van der Waals surface area contributed by atoms with Crippen LogP contribution >= 0.6 is 0 Å². The fraction of sp³-hybridized carbons (Fsp3) is 0.632. The van der Waals surface area contributed by atoms with Crippen LogP contribution in [0, 0.1) is 0 Å². The van der Waals surface area contributed by atoms with Gasteiger partial charge in [0.2, 0.25) is 0 Å². The molecule has 4 N–H and O–H groups in total. The number of carbonyl (C=O) groups is 1. The Morgan fingerprint density at radius 1 is 0.543 bits per heavy atom. The SMILES string of the molecule is CC/C=C\C/C=C\C/C=C\C/C=C\C/C=C\C/C=C\C/C=C\CCCCCCOCC(COC1OC(CO)C(O)C(OS(=O)(=O)O)C1O)OC(=O)CCCCCCCCC/C=C\C/C=C\C/C=C\CC. The minimum atomic E-state index is -5.08. The lowest BCUT2D eigenvalue weighted by atomic mass is 9.99. The van der Waals surface area contributed by atoms with Crippen LogP contribution in [0.2, 0.25) is 0 Å². The molecular formula is C57H92O12S. The number of carbonyl (C=O) groups excluding carboxylic acids is 1. The third kappa shape index (κ3) is 39.2. The monoisotopic (exact) mass is 1000 g/mol. The number of esters is 1. The number of hydrogen-bond donors (Lipinski definition) is 4. The van der Waals surface area contributed by atoms with Crippen LogP contribution in [-0.2, 0) is 38.3 Å². The highest BCUT2D eigenvalue weighted by Crippen LogP contribution is 2.26. The van der Waals surface area contributed by atoms with Gasteiger partial charge in [0.25, 0.3) is 0 Å². The maximum atomic E-state index is 12.9. The molecule has 6 unspecified atom stereocenters. The second-order valence-corrected chi connectivity index (χ2v) is 18.4. The van der Waals surface area contributed by atoms with Crippen molar-refractivity contribution in [2.75, 3.05) is 26.4 Å². The lowest BCUT2D eigenvalue weighted by molar-refractivity contribution is -0.301. The number of unbranched alkanes of at least 4 members (excludes halogenated alkanes) is 11. The zero-order valence-corrected chi connectivity index (χ0v) is 43.6. The number of rotatable bonds is 44. The molecule has 0 aromatic carbocycles. The number of ether oxygens (including phenoxy) is 4. The number of aliphatic hydroxyl groups excluding tert-OH is 3. The Balaban J connectivity index is 2.39. The summed E-state index contributed by atoms with van der Waals surface area (Å²) in [4.78, 5) is 12.9. The van der Waals surface area contributed by atoms with Gasteiger partial charge < -0.3 is 34.3 Å². The average Bonchev–Trinajstić information content (AvgIpc) is 3.34. The molecule has 13 heteroatoms. The largest absolute Gasteiger partial charge is 0.457 e. The molecule has 0 saturated carbocycles. The van der Waals surface area contributed by atoms with E-state index in [1.54, 1.807) is 0 Å². The Labute approximate surface area is 423 Å². The molecule has 0 amide bonds. The summed E-state index contributed by atoms with van der Waals surface area (Å²) in [5.41, 5.74) is 0. The second-order valence-electron chi connectivity index (χ2n) is 17.3. The van der Waals surface area contributed by atoms with Crippen LogP contribution in [0.25, 0.3) is 0 Å². The molecule has 398 valence electrons. The molecule has 0 aromatic rings. The van der Waals surface area contributed by atoms with Crippen molar-refractivity contribution in [1.29, 1.82) is 0 Å². The Hall–Kier alpha value is -3.50. The van der Waals surface area contributed by atoms with Crippen LogP contribution in [0.4, 0.5) is 0 Å². The van der Waals surface area contributed by atoms with E-state index >= 15 is 0 Å². The van der Waals surface area contributed by atoms with Crippen molar-refractivity contribution < 1.29 is 56.2 Å². The van der Waals surface area contributed by atoms with Gasteiger partial charge in [-0.3, -0.25) is 9.35 Å². The van der Waals surface area contributed by atoms with Gasteiger partial charge >= 0.3 is 16.4 Å². The number of hydrogen-bond acceptors (Lipinski definition) is 11. The molecule has 1 fully saturated rings. The van der Waals surface area contributed by atoms with Gasteiger partial charge in [-0.2, -0.15) is 8.42 Å². The standard InChI is InChI=1S/C57H92O12S/c1-3-5-7-9-11-13-15-17-19-21-22-23-24-25-26-27-28-29-31-33-35-37-39-41-43-45-47-65-49-51(50-66-57-55(61)56(69-70(62,63)64)54(60)52(48-58)68-57)67-53(59)46-44-42-40-38-36-34-32-30-20-18-16-14-12-10-8-6-4-2/h5-8,11-14,17-20,22-23,25-26,28-29,33,35,51-52,54-58,60-61H,3-4,9-10,15-16,21,24,27,30-32,34,36-50H2,1-2H3,(H,62,63,64)/b7-5-,8-6-,13-11-,14-12-,19-17-,20-18-,23-22-,26-25-,29-28-,35-33-. The smallest absolute Gasteiger partial charge is 0.397 e. The highest BCUT2D eigenvalue weighted by Gasteiger charge is 2.48. The van der Waals surface area contributed by atoms with Crippen LogP contribution in [-0.4, -0.2) is 97.5 Å². The van der Waals surface area contributed by atoms with Crippen LogP contribution in [0.1, 0.15) is 168 Å². The van der Waals surface area contributed by atoms with E-state index < -0.39 is 59.8 Å². The van der Waals surface area contributed by atoms with E-state index in [0.29, 0.717) is 13.0 Å². The van der Waals surface area contributed by atoms with Crippen molar-refractivity contribution in [2.24, 2.45) is 0 Å². The van der Waals surface area contributed by atoms with Gasteiger partial charge in [0.05, 0.1) is 19.8 Å². The Morgan fingerprint density at radius 3 is 1.37 bits per heavy atom. The topological polar surface area (TPSA) is 178 Å². The van der Waals surface area contributed by atoms with Gasteiger partial charge in [-0.25, -0.2) is 4.18 Å². The predicted octanol–water partition coefficient (Wildman–Crippen LogP) is 12.5. The maximum absolute atomic E-state index is 12.9. The van der Waals surface area contributed by atoms with E-state index in [9.17, 15) is 33.1 Å². The Bertz CT molecular complexity index is 1670. The molecule has 1 aliphatic heterocycles. The lowest BCUT2D eigenvalue weighted by Crippen LogP contribution is -2.60. The molecule has 1 saturated heterocycles. The third-order valence-corrected chi connectivity index (χ3v) is 11.5. The van der Waals surface area contributed by atoms with Gasteiger partial charge in [-0.15, -0.1) is 0 Å². The summed E-state index contributed by atoms with van der Waals surface area (Å²) in [5.74, 6) is -0.425. The van der Waals surface area contributed by atoms with Gasteiger partial charge in [0.1, 0.15) is 30.5 Å². The molecule has 1 heterocycles. The van der Waals surface area contributed by atoms with E-state index in [1.807, 2.05) is 0 Å².